The van der Waals surface area contributed by atoms with Crippen LogP contribution in [-0.2, 0) is 17.6 Å². The van der Waals surface area contributed by atoms with Crippen LogP contribution in [0.2, 0.25) is 0 Å². The summed E-state index contributed by atoms with van der Waals surface area (Å²) in [7, 11) is 0. The monoisotopic (exact) mass is 400 g/mol. The van der Waals surface area contributed by atoms with Crippen LogP contribution in [0.1, 0.15) is 53.4 Å². The van der Waals surface area contributed by atoms with Crippen LogP contribution in [0.3, 0.4) is 0 Å². The first-order valence-electron chi connectivity index (χ1n) is 10.4. The quantitative estimate of drug-likeness (QED) is 0.538. The maximum atomic E-state index is 12.8. The molecule has 0 unspecified atom stereocenters. The molecule has 0 aliphatic carbocycles. The van der Waals surface area contributed by atoms with Crippen molar-refractivity contribution >= 4 is 17.5 Å². The highest BCUT2D eigenvalue weighted by atomic mass is 16.2. The van der Waals surface area contributed by atoms with E-state index in [1.807, 2.05) is 43.3 Å². The normalized spacial score (nSPS) is 11.5. The van der Waals surface area contributed by atoms with Crippen molar-refractivity contribution in [1.82, 2.24) is 5.32 Å². The van der Waals surface area contributed by atoms with Crippen LogP contribution in [0.4, 0.5) is 5.69 Å². The summed E-state index contributed by atoms with van der Waals surface area (Å²) < 4.78 is 0. The van der Waals surface area contributed by atoms with E-state index >= 15 is 0 Å². The third-order valence-corrected chi connectivity index (χ3v) is 5.16. The number of para-hydroxylation sites is 1. The Labute approximate surface area is 178 Å². The van der Waals surface area contributed by atoms with E-state index in [2.05, 4.69) is 41.8 Å². The standard InChI is InChI=1S/C26H28N2O2/c1-3-20-13-15-21(16-14-20)17-18-25(29)28-24-12-8-7-11-23(24)26(30)27-19(2)22-9-5-4-6-10-22/h4-16,19H,3,17-18H2,1-2H3,(H,27,30)(H,28,29)/t19-/m1/s1. The van der Waals surface area contributed by atoms with Gasteiger partial charge in [0.25, 0.3) is 5.91 Å². The largest absolute Gasteiger partial charge is 0.345 e. The summed E-state index contributed by atoms with van der Waals surface area (Å²) in [6.07, 6.45) is 2.03. The molecule has 0 heterocycles. The molecule has 0 spiro atoms. The van der Waals surface area contributed by atoms with Crippen molar-refractivity contribution in [3.05, 3.63) is 101 Å². The molecule has 4 nitrogen and oxygen atoms in total. The fourth-order valence-electron chi connectivity index (χ4n) is 3.30. The molecule has 154 valence electrons. The summed E-state index contributed by atoms with van der Waals surface area (Å²) in [5, 5.41) is 5.90. The molecule has 2 amide bonds. The van der Waals surface area contributed by atoms with Gasteiger partial charge < -0.3 is 10.6 Å². The minimum absolute atomic E-state index is 0.106. The number of benzene rings is 3. The first-order valence-corrected chi connectivity index (χ1v) is 10.4. The lowest BCUT2D eigenvalue weighted by molar-refractivity contribution is -0.116. The minimum atomic E-state index is -0.211. The summed E-state index contributed by atoms with van der Waals surface area (Å²) >= 11 is 0. The van der Waals surface area contributed by atoms with Crippen molar-refractivity contribution in [1.29, 1.82) is 0 Å². The van der Waals surface area contributed by atoms with Gasteiger partial charge in [-0.05, 0) is 48.6 Å². The summed E-state index contributed by atoms with van der Waals surface area (Å²) in [6, 6.07) is 25.1. The van der Waals surface area contributed by atoms with Gasteiger partial charge in [0, 0.05) is 6.42 Å². The molecule has 0 fully saturated rings. The molecule has 2 N–H and O–H groups in total. The van der Waals surface area contributed by atoms with Crippen molar-refractivity contribution in [2.45, 2.75) is 39.2 Å². The maximum Gasteiger partial charge on any atom is 0.253 e. The van der Waals surface area contributed by atoms with Crippen LogP contribution < -0.4 is 10.6 Å². The van der Waals surface area contributed by atoms with Crippen LogP contribution in [0.15, 0.2) is 78.9 Å². The van der Waals surface area contributed by atoms with Crippen LogP contribution in [0.5, 0.6) is 0 Å². The zero-order chi connectivity index (χ0) is 21.3. The molecule has 0 saturated heterocycles. The molecule has 0 radical (unpaired) electrons. The number of hydrogen-bond acceptors (Lipinski definition) is 2. The number of carbonyl (C=O) groups is 2. The van der Waals surface area contributed by atoms with E-state index in [1.165, 1.54) is 5.56 Å². The van der Waals surface area contributed by atoms with Crippen molar-refractivity contribution in [3.8, 4) is 0 Å². The summed E-state index contributed by atoms with van der Waals surface area (Å²) in [4.78, 5) is 25.3. The van der Waals surface area contributed by atoms with Gasteiger partial charge in [-0.1, -0.05) is 73.7 Å². The first-order chi connectivity index (χ1) is 14.6. The van der Waals surface area contributed by atoms with Gasteiger partial charge in [-0.25, -0.2) is 0 Å². The van der Waals surface area contributed by atoms with E-state index in [1.54, 1.807) is 18.2 Å². The Bertz CT molecular complexity index is 981. The molecular formula is C26H28N2O2. The summed E-state index contributed by atoms with van der Waals surface area (Å²) in [5.74, 6) is -0.316. The number of amides is 2. The third kappa shape index (κ3) is 5.80. The smallest absolute Gasteiger partial charge is 0.253 e. The van der Waals surface area contributed by atoms with Crippen LogP contribution in [0, 0.1) is 0 Å². The number of rotatable bonds is 8. The van der Waals surface area contributed by atoms with E-state index < -0.39 is 0 Å². The molecular weight excluding hydrogens is 372 g/mol. The van der Waals surface area contributed by atoms with Gasteiger partial charge in [0.05, 0.1) is 17.3 Å². The van der Waals surface area contributed by atoms with Crippen molar-refractivity contribution in [3.63, 3.8) is 0 Å². The van der Waals surface area contributed by atoms with Crippen LogP contribution in [-0.4, -0.2) is 11.8 Å². The lowest BCUT2D eigenvalue weighted by Gasteiger charge is -2.16. The molecule has 3 aromatic carbocycles. The molecule has 4 heteroatoms. The number of carbonyl (C=O) groups excluding carboxylic acids is 2. The lowest BCUT2D eigenvalue weighted by Crippen LogP contribution is -2.28. The van der Waals surface area contributed by atoms with Gasteiger partial charge >= 0.3 is 0 Å². The predicted octanol–water partition coefficient (Wildman–Crippen LogP) is 5.31. The fourth-order valence-corrected chi connectivity index (χ4v) is 3.30. The Morgan fingerprint density at radius 2 is 1.47 bits per heavy atom. The molecule has 3 aromatic rings. The molecule has 0 aliphatic rings. The Balaban J connectivity index is 1.61. The topological polar surface area (TPSA) is 58.2 Å². The molecule has 0 aliphatic heterocycles. The minimum Gasteiger partial charge on any atom is -0.345 e. The van der Waals surface area contributed by atoms with Gasteiger partial charge in [0.2, 0.25) is 5.91 Å². The van der Waals surface area contributed by atoms with Gasteiger partial charge in [-0.15, -0.1) is 0 Å². The number of hydrogen-bond donors (Lipinski definition) is 2. The predicted molar refractivity (Wildman–Crippen MR) is 122 cm³/mol. The highest BCUT2D eigenvalue weighted by Crippen LogP contribution is 2.18. The van der Waals surface area contributed by atoms with Crippen molar-refractivity contribution in [2.75, 3.05) is 5.32 Å². The number of nitrogens with one attached hydrogen (secondary N) is 2. The van der Waals surface area contributed by atoms with E-state index in [-0.39, 0.29) is 17.9 Å². The van der Waals surface area contributed by atoms with Crippen molar-refractivity contribution < 1.29 is 9.59 Å². The highest BCUT2D eigenvalue weighted by Gasteiger charge is 2.16. The average Bonchev–Trinajstić information content (AvgIpc) is 2.79. The molecule has 0 aromatic heterocycles. The molecule has 3 rings (SSSR count). The molecule has 0 bridgehead atoms. The van der Waals surface area contributed by atoms with Gasteiger partial charge in [0.15, 0.2) is 0 Å². The summed E-state index contributed by atoms with van der Waals surface area (Å²) in [5.41, 5.74) is 4.43. The Morgan fingerprint density at radius 1 is 0.833 bits per heavy atom. The first kappa shape index (κ1) is 21.3. The zero-order valence-electron chi connectivity index (χ0n) is 17.5. The number of anilines is 1. The van der Waals surface area contributed by atoms with Crippen molar-refractivity contribution in [2.24, 2.45) is 0 Å². The molecule has 1 atom stereocenters. The van der Waals surface area contributed by atoms with Crippen LogP contribution >= 0.6 is 0 Å². The Morgan fingerprint density at radius 3 is 2.17 bits per heavy atom. The van der Waals surface area contributed by atoms with E-state index in [0.717, 1.165) is 17.5 Å². The van der Waals surface area contributed by atoms with Crippen LogP contribution in [0.25, 0.3) is 0 Å². The Kier molecular flexibility index (Phi) is 7.39. The van der Waals surface area contributed by atoms with Gasteiger partial charge in [-0.2, -0.15) is 0 Å². The zero-order valence-corrected chi connectivity index (χ0v) is 17.5. The second kappa shape index (κ2) is 10.4. The highest BCUT2D eigenvalue weighted by molar-refractivity contribution is 6.03. The second-order valence-corrected chi connectivity index (χ2v) is 7.37. The second-order valence-electron chi connectivity index (χ2n) is 7.37. The Hall–Kier alpha value is -3.40. The fraction of sp³-hybridized carbons (Fsp3) is 0.231. The maximum absolute atomic E-state index is 12.8. The SMILES string of the molecule is CCc1ccc(CCC(=O)Nc2ccccc2C(=O)N[C@H](C)c2ccccc2)cc1. The third-order valence-electron chi connectivity index (χ3n) is 5.16. The summed E-state index contributed by atoms with van der Waals surface area (Å²) in [6.45, 7) is 4.06. The van der Waals surface area contributed by atoms with Gasteiger partial charge in [0.1, 0.15) is 0 Å². The number of aryl methyl sites for hydroxylation is 2. The van der Waals surface area contributed by atoms with E-state index in [9.17, 15) is 9.59 Å². The van der Waals surface area contributed by atoms with E-state index in [4.69, 9.17) is 0 Å². The molecule has 30 heavy (non-hydrogen) atoms. The van der Waals surface area contributed by atoms with E-state index in [0.29, 0.717) is 24.1 Å². The van der Waals surface area contributed by atoms with Gasteiger partial charge in [-0.3, -0.25) is 9.59 Å². The lowest BCUT2D eigenvalue weighted by atomic mass is 10.1. The molecule has 0 saturated carbocycles. The average molecular weight is 401 g/mol.